The minimum absolute atomic E-state index is 0.223. The number of methoxy groups -OCH3 is 1. The van der Waals surface area contributed by atoms with Gasteiger partial charge in [0.15, 0.2) is 0 Å². The maximum Gasteiger partial charge on any atom is 0.215 e. The summed E-state index contributed by atoms with van der Waals surface area (Å²) in [6.07, 6.45) is -0.223. The van der Waals surface area contributed by atoms with Gasteiger partial charge in [0.05, 0.1) is 25.7 Å². The Morgan fingerprint density at radius 1 is 1.12 bits per heavy atom. The molecule has 2 N–H and O–H groups in total. The van der Waals surface area contributed by atoms with Gasteiger partial charge in [-0.3, -0.25) is 0 Å². The third-order valence-corrected chi connectivity index (χ3v) is 5.88. The Hall–Kier alpha value is -3.77. The van der Waals surface area contributed by atoms with Gasteiger partial charge < -0.3 is 29.9 Å². The van der Waals surface area contributed by atoms with E-state index in [-0.39, 0.29) is 6.17 Å². The normalized spacial score (nSPS) is 17.3. The second-order valence-corrected chi connectivity index (χ2v) is 8.01. The lowest BCUT2D eigenvalue weighted by molar-refractivity contribution is 0.122. The highest BCUT2D eigenvalue weighted by Crippen LogP contribution is 2.42. The molecule has 0 aliphatic carbocycles. The molecule has 3 aromatic rings. The molecule has 1 saturated heterocycles. The zero-order chi connectivity index (χ0) is 22.2. The van der Waals surface area contributed by atoms with E-state index in [2.05, 4.69) is 55.8 Å². The molecule has 0 bridgehead atoms. The molecular formula is C23H25N7O2. The Balaban J connectivity index is 1.64. The van der Waals surface area contributed by atoms with Crippen LogP contribution in [0.3, 0.4) is 0 Å². The highest BCUT2D eigenvalue weighted by molar-refractivity contribution is 6.07. The molecule has 32 heavy (non-hydrogen) atoms. The van der Waals surface area contributed by atoms with E-state index in [1.165, 1.54) is 0 Å². The van der Waals surface area contributed by atoms with Crippen LogP contribution in [0, 0.1) is 11.3 Å². The van der Waals surface area contributed by atoms with Crippen molar-refractivity contribution in [1.29, 1.82) is 5.26 Å². The first-order valence-corrected chi connectivity index (χ1v) is 10.5. The molecule has 0 saturated carbocycles. The maximum absolute atomic E-state index is 10.0. The standard InChI is InChI=1S/C23H25N7O2/c1-29(2)15-6-4-14(5-7-15)20-26-21-19-16(12-18(25-21)31-3)17(13-24)23(28-22(19)27-20)30-8-10-32-11-9-30/h4-7,12,20H,8-11H2,1-3H3,(H,25,26)(H,27,28). The van der Waals surface area contributed by atoms with Gasteiger partial charge in [0.1, 0.15) is 35.3 Å². The summed E-state index contributed by atoms with van der Waals surface area (Å²) in [4.78, 5) is 13.7. The Morgan fingerprint density at radius 3 is 2.44 bits per heavy atom. The van der Waals surface area contributed by atoms with Crippen molar-refractivity contribution >= 4 is 33.9 Å². The van der Waals surface area contributed by atoms with Gasteiger partial charge in [-0.15, -0.1) is 0 Å². The van der Waals surface area contributed by atoms with Gasteiger partial charge >= 0.3 is 0 Å². The number of nitriles is 1. The third-order valence-electron chi connectivity index (χ3n) is 5.88. The van der Waals surface area contributed by atoms with E-state index in [1.807, 2.05) is 20.2 Å². The maximum atomic E-state index is 10.0. The summed E-state index contributed by atoms with van der Waals surface area (Å²) >= 11 is 0. The van der Waals surface area contributed by atoms with Gasteiger partial charge in [0, 0.05) is 44.3 Å². The summed E-state index contributed by atoms with van der Waals surface area (Å²) in [5.74, 6) is 2.46. The Kier molecular flexibility index (Phi) is 5.07. The number of morpholine rings is 1. The number of aromatic nitrogens is 2. The van der Waals surface area contributed by atoms with Crippen molar-refractivity contribution in [2.24, 2.45) is 0 Å². The van der Waals surface area contributed by atoms with Crippen LogP contribution in [-0.2, 0) is 4.74 Å². The number of pyridine rings is 2. The lowest BCUT2D eigenvalue weighted by Crippen LogP contribution is -2.37. The number of ether oxygens (including phenoxy) is 2. The van der Waals surface area contributed by atoms with Gasteiger partial charge in [-0.25, -0.2) is 4.98 Å². The largest absolute Gasteiger partial charge is 0.481 e. The van der Waals surface area contributed by atoms with Crippen molar-refractivity contribution in [2.75, 3.05) is 67.9 Å². The van der Waals surface area contributed by atoms with Crippen molar-refractivity contribution in [3.63, 3.8) is 0 Å². The van der Waals surface area contributed by atoms with Crippen LogP contribution in [0.4, 0.5) is 23.1 Å². The minimum atomic E-state index is -0.223. The minimum Gasteiger partial charge on any atom is -0.481 e. The molecule has 5 rings (SSSR count). The molecular weight excluding hydrogens is 406 g/mol. The monoisotopic (exact) mass is 431 g/mol. The fourth-order valence-electron chi connectivity index (χ4n) is 4.17. The number of hydrogen-bond acceptors (Lipinski definition) is 9. The third kappa shape index (κ3) is 3.39. The molecule has 4 heterocycles. The second kappa shape index (κ2) is 8.05. The summed E-state index contributed by atoms with van der Waals surface area (Å²) in [5, 5.41) is 18.6. The molecule has 0 radical (unpaired) electrons. The van der Waals surface area contributed by atoms with Crippen molar-refractivity contribution < 1.29 is 9.47 Å². The van der Waals surface area contributed by atoms with Crippen LogP contribution in [0.15, 0.2) is 30.3 Å². The van der Waals surface area contributed by atoms with Gasteiger partial charge in [-0.1, -0.05) is 12.1 Å². The fraction of sp³-hybridized carbons (Fsp3) is 0.348. The van der Waals surface area contributed by atoms with E-state index >= 15 is 0 Å². The molecule has 164 valence electrons. The zero-order valence-corrected chi connectivity index (χ0v) is 18.3. The van der Waals surface area contributed by atoms with Crippen LogP contribution in [0.2, 0.25) is 0 Å². The van der Waals surface area contributed by atoms with E-state index in [0.29, 0.717) is 55.2 Å². The second-order valence-electron chi connectivity index (χ2n) is 8.01. The molecule has 1 fully saturated rings. The van der Waals surface area contributed by atoms with E-state index in [1.54, 1.807) is 7.11 Å². The summed E-state index contributed by atoms with van der Waals surface area (Å²) in [7, 11) is 5.61. The predicted molar refractivity (Wildman–Crippen MR) is 125 cm³/mol. The Labute approximate surface area is 186 Å². The summed E-state index contributed by atoms with van der Waals surface area (Å²) in [6.45, 7) is 2.60. The Bertz CT molecular complexity index is 1200. The first-order valence-electron chi connectivity index (χ1n) is 10.5. The molecule has 2 aromatic heterocycles. The molecule has 0 amide bonds. The van der Waals surface area contributed by atoms with Crippen LogP contribution in [0.25, 0.3) is 10.8 Å². The lowest BCUT2D eigenvalue weighted by Gasteiger charge is -2.32. The lowest BCUT2D eigenvalue weighted by atomic mass is 10.0. The van der Waals surface area contributed by atoms with Crippen LogP contribution in [-0.4, -0.2) is 57.5 Å². The molecule has 2 aliphatic rings. The molecule has 1 aromatic carbocycles. The molecule has 9 nitrogen and oxygen atoms in total. The number of hydrogen-bond donors (Lipinski definition) is 2. The van der Waals surface area contributed by atoms with Gasteiger partial charge in [0.2, 0.25) is 5.88 Å². The molecule has 2 aliphatic heterocycles. The Morgan fingerprint density at radius 2 is 1.81 bits per heavy atom. The quantitative estimate of drug-likeness (QED) is 0.646. The number of benzene rings is 1. The number of nitrogens with one attached hydrogen (secondary N) is 2. The van der Waals surface area contributed by atoms with Crippen LogP contribution in [0.5, 0.6) is 5.88 Å². The summed E-state index contributed by atoms with van der Waals surface area (Å²) in [6, 6.07) is 12.5. The first-order chi connectivity index (χ1) is 15.6. The van der Waals surface area contributed by atoms with Gasteiger partial charge in [0.25, 0.3) is 0 Å². The average Bonchev–Trinajstić information content (AvgIpc) is 2.84. The van der Waals surface area contributed by atoms with Gasteiger partial charge in [-0.05, 0) is 17.7 Å². The average molecular weight is 432 g/mol. The van der Waals surface area contributed by atoms with Crippen molar-refractivity contribution in [2.45, 2.75) is 6.17 Å². The van der Waals surface area contributed by atoms with Crippen LogP contribution >= 0.6 is 0 Å². The van der Waals surface area contributed by atoms with E-state index in [0.717, 1.165) is 22.0 Å². The number of anilines is 4. The van der Waals surface area contributed by atoms with Crippen LogP contribution in [0.1, 0.15) is 17.3 Å². The summed E-state index contributed by atoms with van der Waals surface area (Å²) in [5.41, 5.74) is 2.70. The molecule has 9 heteroatoms. The number of rotatable bonds is 4. The smallest absolute Gasteiger partial charge is 0.215 e. The SMILES string of the molecule is COc1cc2c(C#N)c(N3CCOCC3)nc3c2c(n1)NC(c1ccc(N(C)C)cc1)N3. The highest BCUT2D eigenvalue weighted by atomic mass is 16.5. The van der Waals surface area contributed by atoms with E-state index < -0.39 is 0 Å². The number of nitrogens with zero attached hydrogens (tertiary/aromatic N) is 5. The zero-order valence-electron chi connectivity index (χ0n) is 18.3. The van der Waals surface area contributed by atoms with Crippen molar-refractivity contribution in [1.82, 2.24) is 9.97 Å². The molecule has 0 spiro atoms. The fourth-order valence-corrected chi connectivity index (χ4v) is 4.17. The highest BCUT2D eigenvalue weighted by Gasteiger charge is 2.29. The first kappa shape index (κ1) is 20.2. The molecule has 1 unspecified atom stereocenters. The van der Waals surface area contributed by atoms with Crippen molar-refractivity contribution in [3.05, 3.63) is 41.5 Å². The van der Waals surface area contributed by atoms with E-state index in [9.17, 15) is 5.26 Å². The topological polar surface area (TPSA) is 98.6 Å². The van der Waals surface area contributed by atoms with E-state index in [4.69, 9.17) is 14.5 Å². The van der Waals surface area contributed by atoms with Gasteiger partial charge in [-0.2, -0.15) is 10.2 Å². The summed E-state index contributed by atoms with van der Waals surface area (Å²) < 4.78 is 11.0. The predicted octanol–water partition coefficient (Wildman–Crippen LogP) is 2.95. The van der Waals surface area contributed by atoms with Crippen molar-refractivity contribution in [3.8, 4) is 11.9 Å². The molecule has 1 atom stereocenters. The van der Waals surface area contributed by atoms with Crippen LogP contribution < -0.4 is 25.2 Å².